The lowest BCUT2D eigenvalue weighted by atomic mass is 10.1. The van der Waals surface area contributed by atoms with E-state index < -0.39 is 0 Å². The molecule has 1 aliphatic rings. The van der Waals surface area contributed by atoms with E-state index in [4.69, 9.17) is 0 Å². The summed E-state index contributed by atoms with van der Waals surface area (Å²) in [5.41, 5.74) is 2.46. The lowest BCUT2D eigenvalue weighted by molar-refractivity contribution is 0.636. The molecule has 2 atom stereocenters. The number of benzene rings is 1. The Morgan fingerprint density at radius 3 is 2.61 bits per heavy atom. The lowest BCUT2D eigenvalue weighted by Gasteiger charge is -2.10. The molecule has 0 saturated heterocycles. The molecule has 0 bridgehead atoms. The molecule has 1 aromatic heterocycles. The van der Waals surface area contributed by atoms with Crippen LogP contribution in [0.1, 0.15) is 19.4 Å². The van der Waals surface area contributed by atoms with Crippen LogP contribution in [0.4, 0.5) is 0 Å². The summed E-state index contributed by atoms with van der Waals surface area (Å²) >= 11 is 0. The maximum atomic E-state index is 4.31. The molecule has 0 spiro atoms. The van der Waals surface area contributed by atoms with E-state index in [2.05, 4.69) is 48.5 Å². The number of nitrogens with zero attached hydrogens (tertiary/aromatic N) is 2. The van der Waals surface area contributed by atoms with E-state index in [1.165, 1.54) is 5.56 Å². The van der Waals surface area contributed by atoms with Crippen LogP contribution in [0.15, 0.2) is 42.7 Å². The Labute approximate surface area is 108 Å². The van der Waals surface area contributed by atoms with E-state index in [1.807, 2.05) is 23.1 Å². The first-order valence-electron chi connectivity index (χ1n) is 6.58. The number of para-hydroxylation sites is 1. The molecule has 1 aliphatic carbocycles. The first kappa shape index (κ1) is 11.5. The molecule has 1 fully saturated rings. The molecule has 1 N–H and O–H groups in total. The third-order valence-corrected chi connectivity index (χ3v) is 4.09. The van der Waals surface area contributed by atoms with Crippen molar-refractivity contribution in [2.75, 3.05) is 0 Å². The van der Waals surface area contributed by atoms with Gasteiger partial charge in [0.15, 0.2) is 0 Å². The highest BCUT2D eigenvalue weighted by atomic mass is 15.3. The number of hydrogen-bond donors (Lipinski definition) is 1. The van der Waals surface area contributed by atoms with Gasteiger partial charge in [-0.25, -0.2) is 4.68 Å². The summed E-state index contributed by atoms with van der Waals surface area (Å²) in [6.07, 6.45) is 3.80. The van der Waals surface area contributed by atoms with Crippen molar-refractivity contribution >= 4 is 0 Å². The van der Waals surface area contributed by atoms with Crippen LogP contribution in [0.3, 0.4) is 0 Å². The van der Waals surface area contributed by atoms with Gasteiger partial charge in [0.05, 0.1) is 5.69 Å². The van der Waals surface area contributed by atoms with E-state index in [0.717, 1.165) is 24.1 Å². The van der Waals surface area contributed by atoms with Crippen LogP contribution >= 0.6 is 0 Å². The third-order valence-electron chi connectivity index (χ3n) is 4.09. The Morgan fingerprint density at radius 1 is 1.17 bits per heavy atom. The van der Waals surface area contributed by atoms with Gasteiger partial charge in [0.2, 0.25) is 0 Å². The first-order valence-corrected chi connectivity index (χ1v) is 6.58. The van der Waals surface area contributed by atoms with Gasteiger partial charge in [0.25, 0.3) is 0 Å². The Morgan fingerprint density at radius 2 is 1.94 bits per heavy atom. The van der Waals surface area contributed by atoms with Crippen molar-refractivity contribution in [3.8, 4) is 5.69 Å². The fourth-order valence-corrected chi connectivity index (χ4v) is 2.56. The molecular weight excluding hydrogens is 222 g/mol. The van der Waals surface area contributed by atoms with Gasteiger partial charge in [-0.2, -0.15) is 5.10 Å². The summed E-state index contributed by atoms with van der Waals surface area (Å²) in [5, 5.41) is 7.94. The molecule has 3 heteroatoms. The topological polar surface area (TPSA) is 29.9 Å². The third kappa shape index (κ3) is 2.06. The van der Waals surface area contributed by atoms with Gasteiger partial charge in [-0.3, -0.25) is 0 Å². The minimum Gasteiger partial charge on any atom is -0.309 e. The molecule has 0 aliphatic heterocycles. The van der Waals surface area contributed by atoms with Crippen LogP contribution < -0.4 is 5.32 Å². The minimum absolute atomic E-state index is 0.677. The zero-order valence-electron chi connectivity index (χ0n) is 10.9. The van der Waals surface area contributed by atoms with Crippen molar-refractivity contribution < 1.29 is 0 Å². The number of aromatic nitrogens is 2. The summed E-state index contributed by atoms with van der Waals surface area (Å²) < 4.78 is 1.93. The second-order valence-corrected chi connectivity index (χ2v) is 5.20. The fraction of sp³-hybridized carbons (Fsp3) is 0.400. The minimum atomic E-state index is 0.677. The van der Waals surface area contributed by atoms with Crippen LogP contribution in [-0.4, -0.2) is 15.8 Å². The van der Waals surface area contributed by atoms with Gasteiger partial charge in [0, 0.05) is 25.0 Å². The average Bonchev–Trinajstić information content (AvgIpc) is 2.86. The Balaban J connectivity index is 1.76. The van der Waals surface area contributed by atoms with E-state index in [-0.39, 0.29) is 0 Å². The van der Waals surface area contributed by atoms with Gasteiger partial charge in [-0.15, -0.1) is 0 Å². The van der Waals surface area contributed by atoms with Crippen molar-refractivity contribution in [1.82, 2.24) is 15.1 Å². The molecule has 3 nitrogen and oxygen atoms in total. The predicted octanol–water partition coefficient (Wildman–Crippen LogP) is 2.62. The zero-order chi connectivity index (χ0) is 12.5. The quantitative estimate of drug-likeness (QED) is 0.891. The summed E-state index contributed by atoms with van der Waals surface area (Å²) in [6.45, 7) is 5.53. The average molecular weight is 241 g/mol. The molecule has 0 radical (unpaired) electrons. The second-order valence-electron chi connectivity index (χ2n) is 5.20. The molecule has 18 heavy (non-hydrogen) atoms. The predicted molar refractivity (Wildman–Crippen MR) is 72.5 cm³/mol. The molecule has 94 valence electrons. The highest BCUT2D eigenvalue weighted by molar-refractivity contribution is 5.40. The smallest absolute Gasteiger partial charge is 0.0690 e. The molecular formula is C15H19N3. The van der Waals surface area contributed by atoms with Gasteiger partial charge in [-0.05, 0) is 29.5 Å². The SMILES string of the molecule is C[C@H]1C(NCc2ccccc2-n2cccn2)[C@@H]1C. The van der Waals surface area contributed by atoms with Crippen molar-refractivity contribution in [3.05, 3.63) is 48.3 Å². The van der Waals surface area contributed by atoms with Gasteiger partial charge in [-0.1, -0.05) is 32.0 Å². The molecule has 2 aromatic rings. The Bertz CT molecular complexity index is 510. The van der Waals surface area contributed by atoms with E-state index in [9.17, 15) is 0 Å². The summed E-state index contributed by atoms with van der Waals surface area (Å²) in [4.78, 5) is 0. The summed E-state index contributed by atoms with van der Waals surface area (Å²) in [5.74, 6) is 1.61. The summed E-state index contributed by atoms with van der Waals surface area (Å²) in [7, 11) is 0. The zero-order valence-corrected chi connectivity index (χ0v) is 10.9. The number of rotatable bonds is 4. The van der Waals surface area contributed by atoms with E-state index in [0.29, 0.717) is 6.04 Å². The van der Waals surface area contributed by atoms with Crippen LogP contribution in [0.2, 0.25) is 0 Å². The van der Waals surface area contributed by atoms with Crippen LogP contribution in [-0.2, 0) is 6.54 Å². The molecule has 1 heterocycles. The first-order chi connectivity index (χ1) is 8.77. The summed E-state index contributed by atoms with van der Waals surface area (Å²) in [6, 6.07) is 11.1. The molecule has 3 rings (SSSR count). The molecule has 1 aromatic carbocycles. The normalized spacial score (nSPS) is 26.2. The number of hydrogen-bond acceptors (Lipinski definition) is 2. The fourth-order valence-electron chi connectivity index (χ4n) is 2.56. The lowest BCUT2D eigenvalue weighted by Crippen LogP contribution is -2.19. The van der Waals surface area contributed by atoms with Crippen LogP contribution in [0, 0.1) is 11.8 Å². The molecule has 0 unspecified atom stereocenters. The highest BCUT2D eigenvalue weighted by Crippen LogP contribution is 2.37. The molecule has 0 amide bonds. The Kier molecular flexibility index (Phi) is 2.92. The largest absolute Gasteiger partial charge is 0.309 e. The molecule has 1 saturated carbocycles. The van der Waals surface area contributed by atoms with Crippen molar-refractivity contribution in [3.63, 3.8) is 0 Å². The highest BCUT2D eigenvalue weighted by Gasteiger charge is 2.42. The maximum absolute atomic E-state index is 4.31. The number of nitrogens with one attached hydrogen (secondary N) is 1. The monoisotopic (exact) mass is 241 g/mol. The van der Waals surface area contributed by atoms with E-state index in [1.54, 1.807) is 0 Å². The van der Waals surface area contributed by atoms with Crippen molar-refractivity contribution in [2.24, 2.45) is 11.8 Å². The van der Waals surface area contributed by atoms with Crippen molar-refractivity contribution in [2.45, 2.75) is 26.4 Å². The van der Waals surface area contributed by atoms with Gasteiger partial charge >= 0.3 is 0 Å². The van der Waals surface area contributed by atoms with Crippen molar-refractivity contribution in [1.29, 1.82) is 0 Å². The van der Waals surface area contributed by atoms with Gasteiger partial charge in [0.1, 0.15) is 0 Å². The maximum Gasteiger partial charge on any atom is 0.0690 e. The van der Waals surface area contributed by atoms with Crippen LogP contribution in [0.5, 0.6) is 0 Å². The Hall–Kier alpha value is -1.61. The van der Waals surface area contributed by atoms with Crippen LogP contribution in [0.25, 0.3) is 5.69 Å². The second kappa shape index (κ2) is 4.58. The van der Waals surface area contributed by atoms with Gasteiger partial charge < -0.3 is 5.32 Å². The van der Waals surface area contributed by atoms with E-state index >= 15 is 0 Å². The standard InChI is InChI=1S/C15H19N3/c1-11-12(2)15(11)16-10-13-6-3-4-7-14(13)18-9-5-8-17-18/h3-9,11-12,15-16H,10H2,1-2H3/t11-,12-/m1/s1.